The molecule has 0 amide bonds. The normalized spacial score (nSPS) is 9.75. The number of thioether (sulfide) groups is 1. The van der Waals surface area contributed by atoms with Crippen molar-refractivity contribution in [2.24, 2.45) is 0 Å². The average molecular weight is 181 g/mol. The van der Waals surface area contributed by atoms with Gasteiger partial charge in [0.1, 0.15) is 5.69 Å². The lowest BCUT2D eigenvalue weighted by Crippen LogP contribution is -2.02. The number of aromatic nitrogens is 1. The summed E-state index contributed by atoms with van der Waals surface area (Å²) in [5.41, 5.74) is 0.576. The van der Waals surface area contributed by atoms with Crippen LogP contribution in [0, 0.1) is 0 Å². The van der Waals surface area contributed by atoms with Gasteiger partial charge in [0.15, 0.2) is 5.78 Å². The van der Waals surface area contributed by atoms with Crippen LogP contribution in [0.15, 0.2) is 24.4 Å². The Kier molecular flexibility index (Phi) is 3.80. The van der Waals surface area contributed by atoms with Crippen LogP contribution in [-0.2, 0) is 0 Å². The van der Waals surface area contributed by atoms with E-state index in [1.807, 2.05) is 18.4 Å². The van der Waals surface area contributed by atoms with Gasteiger partial charge < -0.3 is 0 Å². The number of Topliss-reactive ketones (excluding diaryl/α,β-unsaturated/α-hetero) is 1. The first-order valence-corrected chi connectivity index (χ1v) is 5.17. The van der Waals surface area contributed by atoms with Crippen molar-refractivity contribution >= 4 is 17.5 Å². The largest absolute Gasteiger partial charge is 0.292 e. The molecule has 0 unspecified atom stereocenters. The molecule has 0 aromatic carbocycles. The summed E-state index contributed by atoms with van der Waals surface area (Å²) in [6, 6.07) is 5.40. The lowest BCUT2D eigenvalue weighted by Gasteiger charge is -1.96. The molecule has 1 aromatic heterocycles. The van der Waals surface area contributed by atoms with Crippen molar-refractivity contribution in [3.63, 3.8) is 0 Å². The van der Waals surface area contributed by atoms with Crippen molar-refractivity contribution in [2.75, 3.05) is 12.0 Å². The molecule has 2 nitrogen and oxygen atoms in total. The van der Waals surface area contributed by atoms with Crippen LogP contribution in [0.1, 0.15) is 16.9 Å². The molecule has 1 heterocycles. The Labute approximate surface area is 76.4 Å². The van der Waals surface area contributed by atoms with Crippen molar-refractivity contribution in [1.29, 1.82) is 0 Å². The summed E-state index contributed by atoms with van der Waals surface area (Å²) in [5, 5.41) is 0. The van der Waals surface area contributed by atoms with Crippen molar-refractivity contribution < 1.29 is 4.79 Å². The van der Waals surface area contributed by atoms with Gasteiger partial charge in [-0.2, -0.15) is 11.8 Å². The second-order valence-corrected chi connectivity index (χ2v) is 3.37. The molecule has 0 saturated heterocycles. The fourth-order valence-electron chi connectivity index (χ4n) is 0.851. The molecule has 0 fully saturated rings. The summed E-state index contributed by atoms with van der Waals surface area (Å²) in [7, 11) is 0. The molecule has 3 heteroatoms. The molecule has 0 spiro atoms. The van der Waals surface area contributed by atoms with Crippen LogP contribution in [0.2, 0.25) is 0 Å². The Morgan fingerprint density at radius 3 is 3.00 bits per heavy atom. The summed E-state index contributed by atoms with van der Waals surface area (Å²) < 4.78 is 0. The molecule has 0 aliphatic heterocycles. The predicted octanol–water partition coefficient (Wildman–Crippen LogP) is 2.02. The smallest absolute Gasteiger partial charge is 0.181 e. The summed E-state index contributed by atoms with van der Waals surface area (Å²) >= 11 is 1.68. The third-order valence-electron chi connectivity index (χ3n) is 1.48. The minimum Gasteiger partial charge on any atom is -0.292 e. The van der Waals surface area contributed by atoms with E-state index in [1.54, 1.807) is 24.0 Å². The zero-order valence-electron chi connectivity index (χ0n) is 6.99. The third kappa shape index (κ3) is 2.66. The number of nitrogens with zero attached hydrogens (tertiary/aromatic N) is 1. The predicted molar refractivity (Wildman–Crippen MR) is 51.6 cm³/mol. The maximum Gasteiger partial charge on any atom is 0.181 e. The van der Waals surface area contributed by atoms with Gasteiger partial charge in [0.05, 0.1) is 0 Å². The van der Waals surface area contributed by atoms with E-state index in [9.17, 15) is 4.79 Å². The fraction of sp³-hybridized carbons (Fsp3) is 0.333. The molecular weight excluding hydrogens is 170 g/mol. The van der Waals surface area contributed by atoms with Crippen LogP contribution >= 0.6 is 11.8 Å². The van der Waals surface area contributed by atoms with Crippen molar-refractivity contribution in [3.05, 3.63) is 30.1 Å². The maximum absolute atomic E-state index is 11.3. The number of hydrogen-bond acceptors (Lipinski definition) is 3. The molecular formula is C9H11NOS. The Morgan fingerprint density at radius 2 is 2.42 bits per heavy atom. The molecule has 64 valence electrons. The highest BCUT2D eigenvalue weighted by atomic mass is 32.2. The summed E-state index contributed by atoms with van der Waals surface area (Å²) in [6.07, 6.45) is 4.22. The van der Waals surface area contributed by atoms with E-state index in [4.69, 9.17) is 0 Å². The summed E-state index contributed by atoms with van der Waals surface area (Å²) in [4.78, 5) is 15.3. The van der Waals surface area contributed by atoms with Crippen LogP contribution in [0.5, 0.6) is 0 Å². The van der Waals surface area contributed by atoms with Gasteiger partial charge in [-0.1, -0.05) is 6.07 Å². The van der Waals surface area contributed by atoms with Gasteiger partial charge in [0, 0.05) is 18.4 Å². The van der Waals surface area contributed by atoms with Gasteiger partial charge in [0.25, 0.3) is 0 Å². The first-order chi connectivity index (χ1) is 5.84. The van der Waals surface area contributed by atoms with E-state index >= 15 is 0 Å². The minimum atomic E-state index is 0.130. The third-order valence-corrected chi connectivity index (χ3v) is 2.10. The van der Waals surface area contributed by atoms with E-state index in [0.29, 0.717) is 12.1 Å². The molecule has 0 aliphatic rings. The van der Waals surface area contributed by atoms with Crippen molar-refractivity contribution in [1.82, 2.24) is 4.98 Å². The topological polar surface area (TPSA) is 30.0 Å². The van der Waals surface area contributed by atoms with Crippen molar-refractivity contribution in [2.45, 2.75) is 6.42 Å². The Bertz CT molecular complexity index is 248. The van der Waals surface area contributed by atoms with Gasteiger partial charge >= 0.3 is 0 Å². The fourth-order valence-corrected chi connectivity index (χ4v) is 1.24. The number of carbonyl (C=O) groups is 1. The van der Waals surface area contributed by atoms with E-state index in [-0.39, 0.29) is 5.78 Å². The van der Waals surface area contributed by atoms with Crippen LogP contribution in [-0.4, -0.2) is 22.8 Å². The summed E-state index contributed by atoms with van der Waals surface area (Å²) in [5.74, 6) is 1.00. The molecule has 0 radical (unpaired) electrons. The van der Waals surface area contributed by atoms with Crippen LogP contribution in [0.3, 0.4) is 0 Å². The molecule has 12 heavy (non-hydrogen) atoms. The highest BCUT2D eigenvalue weighted by Crippen LogP contribution is 2.02. The second-order valence-electron chi connectivity index (χ2n) is 2.38. The molecule has 0 atom stereocenters. The van der Waals surface area contributed by atoms with E-state index in [2.05, 4.69) is 4.98 Å². The quantitative estimate of drug-likeness (QED) is 0.666. The van der Waals surface area contributed by atoms with Gasteiger partial charge in [-0.3, -0.25) is 9.78 Å². The lowest BCUT2D eigenvalue weighted by atomic mass is 10.2. The Hall–Kier alpha value is -0.830. The van der Waals surface area contributed by atoms with Gasteiger partial charge in [-0.25, -0.2) is 0 Å². The molecule has 1 rings (SSSR count). The van der Waals surface area contributed by atoms with Gasteiger partial charge in [-0.15, -0.1) is 0 Å². The van der Waals surface area contributed by atoms with Crippen LogP contribution in [0.4, 0.5) is 0 Å². The Balaban J connectivity index is 2.54. The maximum atomic E-state index is 11.3. The van der Waals surface area contributed by atoms with Crippen LogP contribution < -0.4 is 0 Å². The molecule has 0 saturated carbocycles. The van der Waals surface area contributed by atoms with Crippen LogP contribution in [0.25, 0.3) is 0 Å². The van der Waals surface area contributed by atoms with Crippen molar-refractivity contribution in [3.8, 4) is 0 Å². The second kappa shape index (κ2) is 4.93. The monoisotopic (exact) mass is 181 g/mol. The van der Waals surface area contributed by atoms with E-state index in [1.165, 1.54) is 0 Å². The van der Waals surface area contributed by atoms with Gasteiger partial charge in [-0.05, 0) is 18.4 Å². The zero-order chi connectivity index (χ0) is 8.81. The molecule has 0 N–H and O–H groups in total. The standard InChI is InChI=1S/C9H11NOS/c1-12-7-5-9(11)8-4-2-3-6-10-8/h2-4,6H,5,7H2,1H3. The SMILES string of the molecule is CSCCC(=O)c1ccccn1. The average Bonchev–Trinajstić information content (AvgIpc) is 2.15. The lowest BCUT2D eigenvalue weighted by molar-refractivity contribution is 0.0985. The Morgan fingerprint density at radius 1 is 1.58 bits per heavy atom. The van der Waals surface area contributed by atoms with Gasteiger partial charge in [0.2, 0.25) is 0 Å². The number of ketones is 1. The zero-order valence-corrected chi connectivity index (χ0v) is 7.80. The molecule has 1 aromatic rings. The number of hydrogen-bond donors (Lipinski definition) is 0. The summed E-state index contributed by atoms with van der Waals surface area (Å²) in [6.45, 7) is 0. The van der Waals surface area contributed by atoms with E-state index < -0.39 is 0 Å². The first kappa shape index (κ1) is 9.26. The number of carbonyl (C=O) groups excluding carboxylic acids is 1. The molecule has 0 aliphatic carbocycles. The van der Waals surface area contributed by atoms with E-state index in [0.717, 1.165) is 5.75 Å². The minimum absolute atomic E-state index is 0.130. The first-order valence-electron chi connectivity index (χ1n) is 3.78. The highest BCUT2D eigenvalue weighted by Gasteiger charge is 2.04. The highest BCUT2D eigenvalue weighted by molar-refractivity contribution is 7.98. The number of pyridine rings is 1. The molecule has 0 bridgehead atoms. The number of rotatable bonds is 4.